The minimum absolute atomic E-state index is 0.157. The van der Waals surface area contributed by atoms with E-state index in [2.05, 4.69) is 0 Å². The maximum atomic E-state index is 12.1. The summed E-state index contributed by atoms with van der Waals surface area (Å²) in [4.78, 5) is 12.1. The SMILES string of the molecule is O=C([O-])c1cc(-c2ccccc2)cc(-c2ccccc2)[n+]1CCc1ccc(Cl)cc1. The summed E-state index contributed by atoms with van der Waals surface area (Å²) in [5, 5.41) is 12.8. The van der Waals surface area contributed by atoms with Crippen LogP contribution in [0.5, 0.6) is 0 Å². The number of rotatable bonds is 6. The fourth-order valence-corrected chi connectivity index (χ4v) is 3.70. The molecule has 0 unspecified atom stereocenters. The molecule has 0 fully saturated rings. The average Bonchev–Trinajstić information content (AvgIpc) is 2.79. The number of halogens is 1. The predicted octanol–water partition coefficient (Wildman–Crippen LogP) is 4.57. The van der Waals surface area contributed by atoms with Gasteiger partial charge in [0.2, 0.25) is 11.4 Å². The number of pyridine rings is 1. The second-order valence-corrected chi connectivity index (χ2v) is 7.50. The van der Waals surface area contributed by atoms with Crippen LogP contribution in [0.1, 0.15) is 16.1 Å². The molecule has 0 amide bonds. The second-order valence-electron chi connectivity index (χ2n) is 7.06. The number of carboxylic acid groups (broad SMARTS) is 1. The fraction of sp³-hybridized carbons (Fsp3) is 0.0769. The maximum absolute atomic E-state index is 12.1. The first kappa shape index (κ1) is 19.9. The van der Waals surface area contributed by atoms with Crippen molar-refractivity contribution in [2.75, 3.05) is 0 Å². The van der Waals surface area contributed by atoms with E-state index < -0.39 is 5.97 Å². The van der Waals surface area contributed by atoms with E-state index in [9.17, 15) is 9.90 Å². The molecule has 0 radical (unpaired) electrons. The highest BCUT2D eigenvalue weighted by Gasteiger charge is 2.22. The Morgan fingerprint density at radius 2 is 1.37 bits per heavy atom. The van der Waals surface area contributed by atoms with Crippen LogP contribution in [-0.4, -0.2) is 5.97 Å². The highest BCUT2D eigenvalue weighted by molar-refractivity contribution is 6.30. The zero-order chi connectivity index (χ0) is 20.9. The quantitative estimate of drug-likeness (QED) is 0.435. The van der Waals surface area contributed by atoms with Gasteiger partial charge in [-0.25, -0.2) is 0 Å². The van der Waals surface area contributed by atoms with E-state index in [4.69, 9.17) is 11.6 Å². The van der Waals surface area contributed by atoms with Gasteiger partial charge in [-0.3, -0.25) is 0 Å². The third-order valence-electron chi connectivity index (χ3n) is 5.09. The third kappa shape index (κ3) is 4.42. The number of aryl methyl sites for hydroxylation is 1. The maximum Gasteiger partial charge on any atom is 0.229 e. The first-order valence-electron chi connectivity index (χ1n) is 9.76. The summed E-state index contributed by atoms with van der Waals surface area (Å²) in [7, 11) is 0. The summed E-state index contributed by atoms with van der Waals surface area (Å²) in [5.41, 5.74) is 4.84. The molecule has 0 bridgehead atoms. The Morgan fingerprint density at radius 1 is 0.767 bits per heavy atom. The monoisotopic (exact) mass is 413 g/mol. The Balaban J connectivity index is 1.83. The minimum atomic E-state index is -1.19. The van der Waals surface area contributed by atoms with E-state index in [0.29, 0.717) is 18.0 Å². The highest BCUT2D eigenvalue weighted by Crippen LogP contribution is 2.25. The lowest BCUT2D eigenvalue weighted by Crippen LogP contribution is -2.47. The molecule has 1 heterocycles. The number of hydrogen-bond acceptors (Lipinski definition) is 2. The molecule has 0 spiro atoms. The number of nitrogens with zero attached hydrogens (tertiary/aromatic N) is 1. The molecule has 0 aliphatic heterocycles. The molecule has 0 atom stereocenters. The molecule has 0 saturated heterocycles. The van der Waals surface area contributed by atoms with Gasteiger partial charge in [-0.1, -0.05) is 72.3 Å². The summed E-state index contributed by atoms with van der Waals surface area (Å²) in [6.07, 6.45) is 0.673. The van der Waals surface area contributed by atoms with Crippen molar-refractivity contribution in [3.8, 4) is 22.4 Å². The van der Waals surface area contributed by atoms with Crippen molar-refractivity contribution in [3.63, 3.8) is 0 Å². The van der Waals surface area contributed by atoms with Crippen molar-refractivity contribution in [1.29, 1.82) is 0 Å². The lowest BCUT2D eigenvalue weighted by Gasteiger charge is -2.13. The summed E-state index contributed by atoms with van der Waals surface area (Å²) in [5.74, 6) is -1.19. The molecule has 3 nitrogen and oxygen atoms in total. The van der Waals surface area contributed by atoms with Crippen LogP contribution in [0.25, 0.3) is 22.4 Å². The van der Waals surface area contributed by atoms with Gasteiger partial charge in [0, 0.05) is 29.1 Å². The first-order chi connectivity index (χ1) is 14.6. The summed E-state index contributed by atoms with van der Waals surface area (Å²) in [6.45, 7) is 0.504. The zero-order valence-corrected chi connectivity index (χ0v) is 17.0. The van der Waals surface area contributed by atoms with Crippen LogP contribution in [0.15, 0.2) is 97.1 Å². The van der Waals surface area contributed by atoms with Crippen molar-refractivity contribution in [2.24, 2.45) is 0 Å². The number of hydrogen-bond donors (Lipinski definition) is 0. The van der Waals surface area contributed by atoms with E-state index in [1.54, 1.807) is 6.07 Å². The normalized spacial score (nSPS) is 10.7. The van der Waals surface area contributed by atoms with Gasteiger partial charge >= 0.3 is 0 Å². The molecule has 0 aliphatic carbocycles. The molecule has 4 heteroatoms. The molecule has 3 aromatic carbocycles. The predicted molar refractivity (Wildman–Crippen MR) is 117 cm³/mol. The summed E-state index contributed by atoms with van der Waals surface area (Å²) >= 11 is 5.99. The Morgan fingerprint density at radius 3 is 1.97 bits per heavy atom. The lowest BCUT2D eigenvalue weighted by atomic mass is 10.0. The molecule has 0 N–H and O–H groups in total. The standard InChI is InChI=1S/C26H20ClNO2/c27-23-13-11-19(12-14-23)15-16-28-24(21-9-5-2-6-10-21)17-22(18-25(28)26(29)30)20-7-3-1-4-8-20/h1-14,17-18H,15-16H2. The van der Waals surface area contributed by atoms with E-state index in [1.165, 1.54) is 0 Å². The molecule has 4 aromatic rings. The smallest absolute Gasteiger partial charge is 0.229 e. The van der Waals surface area contributed by atoms with Crippen molar-refractivity contribution in [2.45, 2.75) is 13.0 Å². The van der Waals surface area contributed by atoms with Crippen molar-refractivity contribution >= 4 is 17.6 Å². The fourth-order valence-electron chi connectivity index (χ4n) is 3.57. The van der Waals surface area contributed by atoms with Crippen LogP contribution in [-0.2, 0) is 13.0 Å². The first-order valence-corrected chi connectivity index (χ1v) is 10.1. The molecule has 30 heavy (non-hydrogen) atoms. The number of carbonyl (C=O) groups excluding carboxylic acids is 1. The van der Waals surface area contributed by atoms with Crippen LogP contribution < -0.4 is 9.67 Å². The zero-order valence-electron chi connectivity index (χ0n) is 16.3. The molecular formula is C26H20ClNO2. The van der Waals surface area contributed by atoms with Gasteiger partial charge in [0.25, 0.3) is 0 Å². The highest BCUT2D eigenvalue weighted by atomic mass is 35.5. The van der Waals surface area contributed by atoms with Crippen LogP contribution in [0.4, 0.5) is 0 Å². The molecule has 0 saturated carbocycles. The largest absolute Gasteiger partial charge is 0.539 e. The number of aromatic carboxylic acids is 1. The third-order valence-corrected chi connectivity index (χ3v) is 5.34. The Kier molecular flexibility index (Phi) is 5.92. The van der Waals surface area contributed by atoms with Crippen molar-refractivity contribution < 1.29 is 14.5 Å². The van der Waals surface area contributed by atoms with Crippen LogP contribution in [0.2, 0.25) is 5.02 Å². The van der Waals surface area contributed by atoms with Gasteiger partial charge in [0.15, 0.2) is 6.54 Å². The second kappa shape index (κ2) is 8.93. The van der Waals surface area contributed by atoms with Gasteiger partial charge in [-0.2, -0.15) is 4.57 Å². The Labute approximate surface area is 180 Å². The van der Waals surface area contributed by atoms with E-state index in [0.717, 1.165) is 27.9 Å². The van der Waals surface area contributed by atoms with Gasteiger partial charge in [0.05, 0.1) is 0 Å². The minimum Gasteiger partial charge on any atom is -0.539 e. The number of aromatic nitrogens is 1. The van der Waals surface area contributed by atoms with Crippen LogP contribution in [0.3, 0.4) is 0 Å². The summed E-state index contributed by atoms with van der Waals surface area (Å²) in [6, 6.07) is 30.9. The van der Waals surface area contributed by atoms with Gasteiger partial charge < -0.3 is 9.90 Å². The lowest BCUT2D eigenvalue weighted by molar-refractivity contribution is -0.689. The molecule has 1 aromatic heterocycles. The van der Waals surface area contributed by atoms with Gasteiger partial charge in [0.1, 0.15) is 5.97 Å². The Hall–Kier alpha value is -3.43. The van der Waals surface area contributed by atoms with E-state index in [-0.39, 0.29) is 5.69 Å². The van der Waals surface area contributed by atoms with E-state index >= 15 is 0 Å². The topological polar surface area (TPSA) is 44.0 Å². The van der Waals surface area contributed by atoms with E-state index in [1.807, 2.05) is 95.6 Å². The molecule has 0 aliphatic rings. The number of carboxylic acids is 1. The van der Waals surface area contributed by atoms with Crippen LogP contribution in [0, 0.1) is 0 Å². The van der Waals surface area contributed by atoms with Crippen LogP contribution >= 0.6 is 11.6 Å². The molecular weight excluding hydrogens is 394 g/mol. The number of benzene rings is 3. The van der Waals surface area contributed by atoms with Gasteiger partial charge in [-0.05, 0) is 41.0 Å². The van der Waals surface area contributed by atoms with Gasteiger partial charge in [-0.15, -0.1) is 0 Å². The number of carbonyl (C=O) groups is 1. The summed E-state index contributed by atoms with van der Waals surface area (Å²) < 4.78 is 1.83. The van der Waals surface area contributed by atoms with Crippen molar-refractivity contribution in [1.82, 2.24) is 0 Å². The molecule has 148 valence electrons. The Bertz CT molecular complexity index is 1160. The van der Waals surface area contributed by atoms with Crippen molar-refractivity contribution in [3.05, 3.63) is 113 Å². The molecule has 4 rings (SSSR count). The average molecular weight is 414 g/mol.